The molecule has 0 heterocycles. The summed E-state index contributed by atoms with van der Waals surface area (Å²) in [5, 5.41) is 0. The van der Waals surface area contributed by atoms with E-state index in [0.29, 0.717) is 0 Å². The first-order valence-corrected chi connectivity index (χ1v) is 5.04. The van der Waals surface area contributed by atoms with Gasteiger partial charge in [0.1, 0.15) is 0 Å². The molecule has 0 aliphatic carbocycles. The summed E-state index contributed by atoms with van der Waals surface area (Å²) in [5.74, 6) is 0. The Hall–Kier alpha value is 1.50. The van der Waals surface area contributed by atoms with E-state index in [0.717, 1.165) is 0 Å². The molecule has 0 rings (SSSR count). The van der Waals surface area contributed by atoms with Crippen LogP contribution in [0.5, 0.6) is 0 Å². The van der Waals surface area contributed by atoms with Gasteiger partial charge in [-0.3, -0.25) is 0 Å². The van der Waals surface area contributed by atoms with Crippen molar-refractivity contribution in [2.75, 3.05) is 0 Å². The molecule has 0 bridgehead atoms. The van der Waals surface area contributed by atoms with Gasteiger partial charge in [0.05, 0.1) is 0 Å². The normalized spacial score (nSPS) is 8.00. The smallest absolute Gasteiger partial charge is 0.158 e. The van der Waals surface area contributed by atoms with Gasteiger partial charge < -0.3 is 4.12 Å². The van der Waals surface area contributed by atoms with E-state index < -0.39 is 9.04 Å². The molecule has 34 valence electrons. The van der Waals surface area contributed by atoms with Crippen molar-refractivity contribution in [3.8, 4) is 0 Å². The topological polar surface area (TPSA) is 9.23 Å². The molecule has 0 aromatic carbocycles. The van der Waals surface area contributed by atoms with E-state index >= 15 is 0 Å². The first-order chi connectivity index (χ1) is 2.27. The van der Waals surface area contributed by atoms with Gasteiger partial charge in [-0.05, 0) is 13.1 Å². The van der Waals surface area contributed by atoms with Gasteiger partial charge in [-0.15, -0.1) is 0 Å². The van der Waals surface area contributed by atoms with Crippen LogP contribution in [0.1, 0.15) is 0 Å². The van der Waals surface area contributed by atoms with Gasteiger partial charge in [0, 0.05) is 32.7 Å². The fourth-order valence-corrected chi connectivity index (χ4v) is 0. The molecule has 6 heavy (non-hydrogen) atoms. The van der Waals surface area contributed by atoms with Crippen LogP contribution in [0.25, 0.3) is 0 Å². The van der Waals surface area contributed by atoms with E-state index in [1.807, 2.05) is 0 Å². The van der Waals surface area contributed by atoms with Crippen molar-refractivity contribution in [3.05, 3.63) is 0 Å². The van der Waals surface area contributed by atoms with Gasteiger partial charge in [-0.25, -0.2) is 0 Å². The molecule has 0 aromatic rings. The molecular formula is C2H9OSi2Y. The average Bonchev–Trinajstić information content (AvgIpc) is 1.38. The summed E-state index contributed by atoms with van der Waals surface area (Å²) < 4.78 is 4.92. The summed E-state index contributed by atoms with van der Waals surface area (Å²) in [7, 11) is 0.958. The minimum atomic E-state index is -0.637. The molecule has 0 fully saturated rings. The first kappa shape index (κ1) is 10.5. The Morgan fingerprint density at radius 3 is 1.67 bits per heavy atom. The second-order valence-corrected chi connectivity index (χ2v) is 4.65. The molecule has 0 aliphatic rings. The minimum absolute atomic E-state index is 0. The standard InChI is InChI=1S/C2H9OSi2.Y/c1-5(2)3-4;/h5H,4H2,1-2H3;. The number of hydrogen-bond donors (Lipinski definition) is 0. The second kappa shape index (κ2) is 6.50. The van der Waals surface area contributed by atoms with Gasteiger partial charge >= 0.3 is 0 Å². The molecule has 2 radical (unpaired) electrons. The predicted octanol–water partition coefficient (Wildman–Crippen LogP) is -0.468. The Kier molecular flexibility index (Phi) is 11.3. The Morgan fingerprint density at radius 1 is 1.50 bits per heavy atom. The molecule has 0 spiro atoms. The average molecular weight is 194 g/mol. The largest absolute Gasteiger partial charge is 0.463 e. The van der Waals surface area contributed by atoms with Gasteiger partial charge in [-0.1, -0.05) is 0 Å². The maximum absolute atomic E-state index is 4.92. The zero-order valence-electron chi connectivity index (χ0n) is 4.27. The van der Waals surface area contributed by atoms with E-state index in [2.05, 4.69) is 13.1 Å². The molecule has 0 saturated carbocycles. The summed E-state index contributed by atoms with van der Waals surface area (Å²) in [6.45, 7) is 4.29. The maximum atomic E-state index is 4.92. The van der Waals surface area contributed by atoms with Crippen molar-refractivity contribution in [1.82, 2.24) is 0 Å². The fourth-order valence-electron chi connectivity index (χ4n) is 0. The molecule has 0 unspecified atom stereocenters. The zero-order valence-corrected chi connectivity index (χ0v) is 9.68. The Bertz CT molecular complexity index is 25.5. The van der Waals surface area contributed by atoms with Gasteiger partial charge in [-0.2, -0.15) is 0 Å². The van der Waals surface area contributed by atoms with Crippen LogP contribution < -0.4 is 0 Å². The van der Waals surface area contributed by atoms with Gasteiger partial charge in [0.15, 0.2) is 19.5 Å². The summed E-state index contributed by atoms with van der Waals surface area (Å²) in [4.78, 5) is 0. The fraction of sp³-hybridized carbons (Fsp3) is 1.00. The molecule has 0 amide bonds. The van der Waals surface area contributed by atoms with Crippen molar-refractivity contribution >= 4 is 19.5 Å². The summed E-state index contributed by atoms with van der Waals surface area (Å²) in [6, 6.07) is 0. The molecule has 1 nitrogen and oxygen atoms in total. The van der Waals surface area contributed by atoms with Crippen LogP contribution in [0.2, 0.25) is 13.1 Å². The molecule has 0 aliphatic heterocycles. The summed E-state index contributed by atoms with van der Waals surface area (Å²) in [6.07, 6.45) is 0. The maximum Gasteiger partial charge on any atom is 0.158 e. The van der Waals surface area contributed by atoms with Crippen molar-refractivity contribution in [2.24, 2.45) is 0 Å². The van der Waals surface area contributed by atoms with Gasteiger partial charge in [0.25, 0.3) is 0 Å². The van der Waals surface area contributed by atoms with E-state index in [-0.39, 0.29) is 32.7 Å². The van der Waals surface area contributed by atoms with Crippen molar-refractivity contribution in [3.63, 3.8) is 0 Å². The predicted molar refractivity (Wildman–Crippen MR) is 28.5 cm³/mol. The monoisotopic (exact) mass is 194 g/mol. The Morgan fingerprint density at radius 2 is 1.67 bits per heavy atom. The third kappa shape index (κ3) is 9.09. The summed E-state index contributed by atoms with van der Waals surface area (Å²) >= 11 is 0. The van der Waals surface area contributed by atoms with Crippen LogP contribution in [0.3, 0.4) is 0 Å². The van der Waals surface area contributed by atoms with Gasteiger partial charge in [0.2, 0.25) is 0 Å². The third-order valence-corrected chi connectivity index (χ3v) is 3.00. The molecule has 0 aromatic heterocycles. The molecule has 0 atom stereocenters. The Balaban J connectivity index is 0. The number of hydrogen-bond acceptors (Lipinski definition) is 1. The SMILES string of the molecule is C[SiH](C)O[SiH2].[Y]. The molecule has 0 saturated heterocycles. The van der Waals surface area contributed by atoms with Crippen LogP contribution in [-0.4, -0.2) is 19.5 Å². The van der Waals surface area contributed by atoms with Crippen molar-refractivity contribution in [2.45, 2.75) is 13.1 Å². The quantitative estimate of drug-likeness (QED) is 0.513. The van der Waals surface area contributed by atoms with E-state index in [4.69, 9.17) is 4.12 Å². The number of rotatable bonds is 1. The second-order valence-electron chi connectivity index (χ2n) is 1.22. The van der Waals surface area contributed by atoms with Crippen LogP contribution >= 0.6 is 0 Å². The van der Waals surface area contributed by atoms with E-state index in [1.165, 1.54) is 0 Å². The molecular weight excluding hydrogens is 185 g/mol. The Labute approximate surface area is 69.0 Å². The van der Waals surface area contributed by atoms with Crippen LogP contribution in [0.4, 0.5) is 0 Å². The van der Waals surface area contributed by atoms with Crippen LogP contribution in [0.15, 0.2) is 0 Å². The van der Waals surface area contributed by atoms with Crippen LogP contribution in [-0.2, 0) is 36.8 Å². The summed E-state index contributed by atoms with van der Waals surface area (Å²) in [5.41, 5.74) is 0. The van der Waals surface area contributed by atoms with Crippen LogP contribution in [0, 0.1) is 0 Å². The van der Waals surface area contributed by atoms with E-state index in [1.54, 1.807) is 10.5 Å². The van der Waals surface area contributed by atoms with Crippen molar-refractivity contribution < 1.29 is 36.8 Å². The molecule has 0 N–H and O–H groups in total. The van der Waals surface area contributed by atoms with E-state index in [9.17, 15) is 0 Å². The zero-order chi connectivity index (χ0) is 4.28. The minimum Gasteiger partial charge on any atom is -0.463 e. The van der Waals surface area contributed by atoms with Crippen molar-refractivity contribution in [1.29, 1.82) is 0 Å². The third-order valence-electron chi connectivity index (χ3n) is 0.333. The molecule has 4 heteroatoms. The first-order valence-electron chi connectivity index (χ1n) is 1.68.